The van der Waals surface area contributed by atoms with Crippen LogP contribution in [0.5, 0.6) is 5.75 Å². The highest BCUT2D eigenvalue weighted by Crippen LogP contribution is 2.53. The summed E-state index contributed by atoms with van der Waals surface area (Å²) in [7, 11) is 3.65. The van der Waals surface area contributed by atoms with E-state index in [9.17, 15) is 34.8 Å². The molecule has 5 rings (SSSR count). The van der Waals surface area contributed by atoms with E-state index >= 15 is 0 Å². The van der Waals surface area contributed by atoms with E-state index in [0.29, 0.717) is 17.7 Å². The van der Waals surface area contributed by atoms with E-state index in [1.54, 1.807) is 0 Å². The standard InChI is InChI=1S/C29H33N3O8/c1-12-5-17(40-13(12)2)11-31-10-15-8-19(32(3)4)18-7-14-6-16-9-20(33)23(28(30)38)27(37)29(16,39)26(36)21(14)25(35)22(18)24(15)34/h5,8,14,16,31,34-35,37,39H,6-7,9-11H2,1-4H3,(H2,30,38). The van der Waals surface area contributed by atoms with E-state index in [1.165, 1.54) is 0 Å². The summed E-state index contributed by atoms with van der Waals surface area (Å²) in [5, 5.41) is 48.2. The zero-order valence-electron chi connectivity index (χ0n) is 22.8. The van der Waals surface area contributed by atoms with Gasteiger partial charge >= 0.3 is 0 Å². The van der Waals surface area contributed by atoms with Crippen LogP contribution >= 0.6 is 0 Å². The minimum Gasteiger partial charge on any atom is -0.508 e. The molecule has 0 saturated heterocycles. The summed E-state index contributed by atoms with van der Waals surface area (Å²) < 4.78 is 5.70. The number of aromatic hydroxyl groups is 1. The molecule has 11 nitrogen and oxygen atoms in total. The predicted octanol–water partition coefficient (Wildman–Crippen LogP) is 1.99. The van der Waals surface area contributed by atoms with Crippen LogP contribution in [0.25, 0.3) is 5.76 Å². The smallest absolute Gasteiger partial charge is 0.255 e. The normalized spacial score (nSPS) is 24.1. The van der Waals surface area contributed by atoms with E-state index in [1.807, 2.05) is 45.0 Å². The highest BCUT2D eigenvalue weighted by atomic mass is 16.4. The van der Waals surface area contributed by atoms with Crippen molar-refractivity contribution in [3.63, 3.8) is 0 Å². The minimum absolute atomic E-state index is 0.0693. The summed E-state index contributed by atoms with van der Waals surface area (Å²) in [6.45, 7) is 4.45. The molecule has 1 aromatic carbocycles. The van der Waals surface area contributed by atoms with Gasteiger partial charge in [0.15, 0.2) is 11.4 Å². The second-order valence-electron chi connectivity index (χ2n) is 11.1. The molecule has 11 heteroatoms. The monoisotopic (exact) mass is 551 g/mol. The Kier molecular flexibility index (Phi) is 6.54. The Morgan fingerprint density at radius 2 is 1.85 bits per heavy atom. The fraction of sp³-hybridized carbons (Fsp3) is 0.414. The maximum Gasteiger partial charge on any atom is 0.255 e. The number of amides is 1. The van der Waals surface area contributed by atoms with E-state index in [4.69, 9.17) is 10.2 Å². The molecule has 1 aromatic heterocycles. The molecular formula is C29H33N3O8. The van der Waals surface area contributed by atoms with Gasteiger partial charge < -0.3 is 40.8 Å². The number of hydrogen-bond acceptors (Lipinski definition) is 10. The summed E-state index contributed by atoms with van der Waals surface area (Å²) in [5.41, 5.74) is 4.60. The number of nitrogens with two attached hydrogens (primary N) is 1. The van der Waals surface area contributed by atoms with Gasteiger partial charge in [-0.3, -0.25) is 14.4 Å². The molecule has 3 unspecified atom stereocenters. The number of aliphatic hydroxyl groups excluding tert-OH is 2. The van der Waals surface area contributed by atoms with Gasteiger partial charge in [0.25, 0.3) is 5.91 Å². The Bertz CT molecular complexity index is 1510. The van der Waals surface area contributed by atoms with Crippen LogP contribution in [0.4, 0.5) is 5.69 Å². The highest BCUT2D eigenvalue weighted by Gasteiger charge is 2.60. The number of hydrogen-bond donors (Lipinski definition) is 6. The first-order valence-corrected chi connectivity index (χ1v) is 13.1. The van der Waals surface area contributed by atoms with Crippen molar-refractivity contribution >= 4 is 28.9 Å². The van der Waals surface area contributed by atoms with E-state index in [2.05, 4.69) is 5.32 Å². The molecule has 40 heavy (non-hydrogen) atoms. The molecule has 212 valence electrons. The third-order valence-electron chi connectivity index (χ3n) is 8.43. The third kappa shape index (κ3) is 3.99. The van der Waals surface area contributed by atoms with Crippen molar-refractivity contribution in [1.29, 1.82) is 0 Å². The number of ketones is 2. The number of benzene rings is 1. The van der Waals surface area contributed by atoms with Gasteiger partial charge in [-0.1, -0.05) is 0 Å². The number of aliphatic hydroxyl groups is 3. The Morgan fingerprint density at radius 3 is 2.45 bits per heavy atom. The number of primary amides is 1. The molecule has 2 aromatic rings. The molecule has 0 spiro atoms. The molecule has 3 atom stereocenters. The molecule has 3 aliphatic carbocycles. The van der Waals surface area contributed by atoms with Crippen molar-refractivity contribution in [2.45, 2.75) is 51.8 Å². The largest absolute Gasteiger partial charge is 0.508 e. The van der Waals surface area contributed by atoms with Gasteiger partial charge in [-0.25, -0.2) is 0 Å². The number of nitrogens with one attached hydrogen (secondary N) is 1. The van der Waals surface area contributed by atoms with Crippen molar-refractivity contribution in [1.82, 2.24) is 5.32 Å². The molecule has 7 N–H and O–H groups in total. The molecule has 0 bridgehead atoms. The lowest BCUT2D eigenvalue weighted by molar-refractivity contribution is -0.147. The number of nitrogens with zero attached hydrogens (tertiary/aromatic N) is 1. The van der Waals surface area contributed by atoms with Gasteiger partial charge in [-0.05, 0) is 55.9 Å². The number of anilines is 1. The van der Waals surface area contributed by atoms with Crippen LogP contribution < -0.4 is 16.0 Å². The Hall–Kier alpha value is -4.09. The number of carbonyl (C=O) groups excluding carboxylic acids is 3. The summed E-state index contributed by atoms with van der Waals surface area (Å²) in [4.78, 5) is 40.0. The van der Waals surface area contributed by atoms with Crippen LogP contribution in [0.1, 0.15) is 46.6 Å². The molecule has 0 radical (unpaired) electrons. The second kappa shape index (κ2) is 9.53. The van der Waals surface area contributed by atoms with Crippen molar-refractivity contribution < 1.29 is 39.2 Å². The first-order chi connectivity index (χ1) is 18.8. The Labute approximate surface area is 230 Å². The van der Waals surface area contributed by atoms with Crippen LogP contribution in [-0.4, -0.2) is 57.6 Å². The molecule has 1 saturated carbocycles. The fourth-order valence-corrected chi connectivity index (χ4v) is 6.31. The van der Waals surface area contributed by atoms with Gasteiger partial charge in [-0.15, -0.1) is 0 Å². The maximum absolute atomic E-state index is 13.8. The average Bonchev–Trinajstić information content (AvgIpc) is 3.18. The molecule has 0 aliphatic heterocycles. The predicted molar refractivity (Wildman–Crippen MR) is 144 cm³/mol. The third-order valence-corrected chi connectivity index (χ3v) is 8.43. The Balaban J connectivity index is 1.57. The van der Waals surface area contributed by atoms with Crippen LogP contribution in [0, 0.1) is 25.7 Å². The molecule has 1 fully saturated rings. The maximum atomic E-state index is 13.8. The lowest BCUT2D eigenvalue weighted by Crippen LogP contribution is -2.58. The number of phenols is 1. The number of fused-ring (bicyclic) bond motifs is 3. The van der Waals surface area contributed by atoms with Crippen LogP contribution in [0.2, 0.25) is 0 Å². The summed E-state index contributed by atoms with van der Waals surface area (Å²) >= 11 is 0. The summed E-state index contributed by atoms with van der Waals surface area (Å²) in [5.74, 6) is -4.87. The lowest BCUT2D eigenvalue weighted by atomic mass is 9.59. The molecule has 1 amide bonds. The summed E-state index contributed by atoms with van der Waals surface area (Å²) in [6, 6.07) is 3.74. The zero-order valence-corrected chi connectivity index (χ0v) is 22.8. The first-order valence-electron chi connectivity index (χ1n) is 13.1. The number of furan rings is 1. The van der Waals surface area contributed by atoms with Crippen molar-refractivity contribution in [3.8, 4) is 5.75 Å². The molecule has 1 heterocycles. The summed E-state index contributed by atoms with van der Waals surface area (Å²) in [6.07, 6.45) is -0.0248. The quantitative estimate of drug-likeness (QED) is 0.290. The zero-order chi connectivity index (χ0) is 29.3. The first kappa shape index (κ1) is 27.5. The van der Waals surface area contributed by atoms with Crippen molar-refractivity contribution in [3.05, 3.63) is 62.8 Å². The number of phenolic OH excluding ortho intramolecular Hbond substituents is 1. The second-order valence-corrected chi connectivity index (χ2v) is 11.1. The molecule has 3 aliphatic rings. The van der Waals surface area contributed by atoms with Crippen LogP contribution in [0.15, 0.2) is 33.5 Å². The number of Topliss-reactive ketones (excluding diaryl/α,β-unsaturated/α-hetero) is 2. The van der Waals surface area contributed by atoms with Gasteiger partial charge in [0.2, 0.25) is 5.78 Å². The number of rotatable bonds is 6. The van der Waals surface area contributed by atoms with Crippen molar-refractivity contribution in [2.24, 2.45) is 17.6 Å². The molecular weight excluding hydrogens is 518 g/mol. The fourth-order valence-electron chi connectivity index (χ4n) is 6.31. The average molecular weight is 552 g/mol. The van der Waals surface area contributed by atoms with Gasteiger partial charge in [0, 0.05) is 49.8 Å². The van der Waals surface area contributed by atoms with E-state index in [-0.39, 0.29) is 42.7 Å². The van der Waals surface area contributed by atoms with Crippen LogP contribution in [-0.2, 0) is 33.9 Å². The topological polar surface area (TPSA) is 187 Å². The SMILES string of the molecule is Cc1cc(CNCc2cc(N(C)C)c3c(c2O)C(O)=C2C(=O)C4(O)C(O)=C(C(N)=O)C(=O)CC4CC2C3)oc1C. The highest BCUT2D eigenvalue weighted by molar-refractivity contribution is 6.22. The van der Waals surface area contributed by atoms with Gasteiger partial charge in [0.05, 0.1) is 12.1 Å². The van der Waals surface area contributed by atoms with Crippen molar-refractivity contribution in [2.75, 3.05) is 19.0 Å². The van der Waals surface area contributed by atoms with E-state index < -0.39 is 52.0 Å². The van der Waals surface area contributed by atoms with Crippen LogP contribution in [0.3, 0.4) is 0 Å². The van der Waals surface area contributed by atoms with Gasteiger partial charge in [0.1, 0.15) is 34.4 Å². The number of aryl methyl sites for hydroxylation is 2. The number of carbonyl (C=O) groups is 3. The lowest BCUT2D eigenvalue weighted by Gasteiger charge is -2.46. The van der Waals surface area contributed by atoms with Gasteiger partial charge in [-0.2, -0.15) is 0 Å². The Morgan fingerprint density at radius 1 is 1.15 bits per heavy atom. The van der Waals surface area contributed by atoms with E-state index in [0.717, 1.165) is 22.8 Å². The minimum atomic E-state index is -2.59.